The SMILES string of the molecule is Cn1cc2cc(NC(=O)[C@H](Cc3ccc(F)cc3)N3CC(O)N(c4cc(Cl)ccc4-n4cc(Cl)nn4)CC3=O)ccc2n1. The average Bonchev–Trinajstić information content (AvgIpc) is 3.57. The highest BCUT2D eigenvalue weighted by molar-refractivity contribution is 6.31. The molecule has 0 radical (unpaired) electrons. The van der Waals surface area contributed by atoms with Crippen LogP contribution in [0.1, 0.15) is 5.56 Å². The van der Waals surface area contributed by atoms with Gasteiger partial charge in [0.2, 0.25) is 11.8 Å². The Hall–Kier alpha value is -4.52. The molecule has 5 aromatic rings. The molecule has 43 heavy (non-hydrogen) atoms. The fourth-order valence-electron chi connectivity index (χ4n) is 5.19. The number of benzene rings is 3. The largest absolute Gasteiger partial charge is 0.372 e. The highest BCUT2D eigenvalue weighted by atomic mass is 35.5. The van der Waals surface area contributed by atoms with Crippen LogP contribution in [0.5, 0.6) is 0 Å². The number of aromatic nitrogens is 5. The quantitative estimate of drug-likeness (QED) is 0.283. The van der Waals surface area contributed by atoms with Crippen LogP contribution in [0.3, 0.4) is 0 Å². The zero-order valence-corrected chi connectivity index (χ0v) is 24.2. The number of nitrogens with one attached hydrogen (secondary N) is 1. The lowest BCUT2D eigenvalue weighted by Crippen LogP contribution is -2.61. The molecule has 2 aromatic heterocycles. The Labute approximate surface area is 255 Å². The first-order valence-corrected chi connectivity index (χ1v) is 14.0. The van der Waals surface area contributed by atoms with Crippen molar-refractivity contribution >= 4 is 57.3 Å². The van der Waals surface area contributed by atoms with E-state index in [1.54, 1.807) is 60.3 Å². The van der Waals surface area contributed by atoms with Gasteiger partial charge >= 0.3 is 0 Å². The molecule has 1 unspecified atom stereocenters. The van der Waals surface area contributed by atoms with Crippen molar-refractivity contribution in [3.8, 4) is 5.69 Å². The van der Waals surface area contributed by atoms with Gasteiger partial charge in [-0.2, -0.15) is 5.10 Å². The van der Waals surface area contributed by atoms with Crippen LogP contribution in [0, 0.1) is 5.82 Å². The maximum atomic E-state index is 13.8. The first kappa shape index (κ1) is 28.6. The molecule has 2 atom stereocenters. The number of amides is 2. The average molecular weight is 623 g/mol. The Morgan fingerprint density at radius 3 is 2.63 bits per heavy atom. The number of aliphatic hydroxyl groups excluding tert-OH is 1. The molecule has 3 heterocycles. The fraction of sp³-hybridized carbons (Fsp3) is 0.207. The van der Waals surface area contributed by atoms with E-state index in [2.05, 4.69) is 20.7 Å². The van der Waals surface area contributed by atoms with Gasteiger partial charge in [-0.1, -0.05) is 40.5 Å². The Bertz CT molecular complexity index is 1830. The molecule has 1 aliphatic rings. The second-order valence-electron chi connectivity index (χ2n) is 10.2. The minimum Gasteiger partial charge on any atom is -0.372 e. The van der Waals surface area contributed by atoms with Crippen LogP contribution in [0.2, 0.25) is 10.2 Å². The maximum Gasteiger partial charge on any atom is 0.247 e. The van der Waals surface area contributed by atoms with Crippen LogP contribution < -0.4 is 10.2 Å². The highest BCUT2D eigenvalue weighted by Gasteiger charge is 2.39. The number of piperazine rings is 1. The molecule has 0 aliphatic carbocycles. The number of hydrogen-bond donors (Lipinski definition) is 2. The maximum absolute atomic E-state index is 13.8. The van der Waals surface area contributed by atoms with Crippen molar-refractivity contribution in [2.45, 2.75) is 18.7 Å². The lowest BCUT2D eigenvalue weighted by molar-refractivity contribution is -0.142. The number of halogens is 3. The van der Waals surface area contributed by atoms with Gasteiger partial charge in [0.05, 0.1) is 36.2 Å². The summed E-state index contributed by atoms with van der Waals surface area (Å²) in [5, 5.41) is 27.8. The van der Waals surface area contributed by atoms with Gasteiger partial charge < -0.3 is 20.2 Å². The Balaban J connectivity index is 1.29. The summed E-state index contributed by atoms with van der Waals surface area (Å²) in [5.41, 5.74) is 2.87. The standard InChI is InChI=1S/C29H25Cl2FN8O3/c1-37-13-18-11-21(7-8-22(18)35-37)33-29(43)25(10-17-2-5-20(32)6-3-17)39-16-27(41)38(15-28(39)42)24-12-19(30)4-9-23(24)40-14-26(31)34-36-40/h2-9,11-14,25,27,41H,10,15-16H2,1H3,(H,33,43)/t25-,27?/m0/s1. The van der Waals surface area contributed by atoms with E-state index in [1.807, 2.05) is 6.20 Å². The first-order valence-electron chi connectivity index (χ1n) is 13.3. The molecule has 1 saturated heterocycles. The summed E-state index contributed by atoms with van der Waals surface area (Å²) in [6.45, 7) is -0.449. The number of fused-ring (bicyclic) bond motifs is 1. The summed E-state index contributed by atoms with van der Waals surface area (Å²) >= 11 is 12.3. The van der Waals surface area contributed by atoms with Crippen molar-refractivity contribution in [1.29, 1.82) is 0 Å². The number of carbonyl (C=O) groups excluding carboxylic acids is 2. The number of β-amino-alcohol motifs (C(OH)–C–C–N with tert-alkyl or cyclic N) is 1. The molecule has 14 heteroatoms. The lowest BCUT2D eigenvalue weighted by atomic mass is 10.0. The van der Waals surface area contributed by atoms with Gasteiger partial charge in [0, 0.05) is 35.8 Å². The van der Waals surface area contributed by atoms with Crippen LogP contribution in [0.4, 0.5) is 15.8 Å². The summed E-state index contributed by atoms with van der Waals surface area (Å²) in [6, 6.07) is 15.0. The van der Waals surface area contributed by atoms with Crippen molar-refractivity contribution in [3.63, 3.8) is 0 Å². The molecule has 0 bridgehead atoms. The minimum absolute atomic E-state index is 0.0968. The second kappa shape index (κ2) is 11.6. The van der Waals surface area contributed by atoms with E-state index in [4.69, 9.17) is 23.2 Å². The number of hydrogen-bond acceptors (Lipinski definition) is 7. The van der Waals surface area contributed by atoms with Crippen molar-refractivity contribution in [1.82, 2.24) is 29.7 Å². The monoisotopic (exact) mass is 622 g/mol. The van der Waals surface area contributed by atoms with Gasteiger partial charge in [-0.25, -0.2) is 9.07 Å². The number of aliphatic hydroxyl groups is 1. The molecule has 0 spiro atoms. The van der Waals surface area contributed by atoms with Gasteiger partial charge in [0.25, 0.3) is 0 Å². The summed E-state index contributed by atoms with van der Waals surface area (Å²) < 4.78 is 16.7. The number of nitrogens with zero attached hydrogens (tertiary/aromatic N) is 7. The molecule has 1 fully saturated rings. The van der Waals surface area contributed by atoms with E-state index >= 15 is 0 Å². The van der Waals surface area contributed by atoms with Crippen LogP contribution in [0.25, 0.3) is 16.6 Å². The normalized spacial score (nSPS) is 16.1. The predicted octanol–water partition coefficient (Wildman–Crippen LogP) is 3.82. The molecule has 3 aromatic carbocycles. The number of carbonyl (C=O) groups is 2. The Morgan fingerprint density at radius 2 is 1.88 bits per heavy atom. The molecule has 1 aliphatic heterocycles. The molecular weight excluding hydrogens is 598 g/mol. The van der Waals surface area contributed by atoms with Crippen molar-refractivity contribution < 1.29 is 19.1 Å². The second-order valence-corrected chi connectivity index (χ2v) is 11.0. The Morgan fingerprint density at radius 1 is 1.09 bits per heavy atom. The molecule has 220 valence electrons. The summed E-state index contributed by atoms with van der Waals surface area (Å²) in [5.74, 6) is -1.28. The van der Waals surface area contributed by atoms with E-state index in [0.29, 0.717) is 27.6 Å². The van der Waals surface area contributed by atoms with E-state index in [1.165, 1.54) is 32.8 Å². The molecule has 2 amide bonds. The van der Waals surface area contributed by atoms with E-state index in [0.717, 1.165) is 10.9 Å². The lowest BCUT2D eigenvalue weighted by Gasteiger charge is -2.42. The van der Waals surface area contributed by atoms with Crippen molar-refractivity contribution in [2.24, 2.45) is 7.05 Å². The smallest absolute Gasteiger partial charge is 0.247 e. The van der Waals surface area contributed by atoms with Crippen molar-refractivity contribution in [2.75, 3.05) is 23.3 Å². The van der Waals surface area contributed by atoms with Gasteiger partial charge in [-0.3, -0.25) is 14.3 Å². The van der Waals surface area contributed by atoms with E-state index in [9.17, 15) is 19.1 Å². The van der Waals surface area contributed by atoms with Gasteiger partial charge in [-0.05, 0) is 54.1 Å². The number of rotatable bonds is 7. The molecule has 6 rings (SSSR count). The van der Waals surface area contributed by atoms with E-state index in [-0.39, 0.29) is 24.7 Å². The number of anilines is 2. The van der Waals surface area contributed by atoms with Gasteiger partial charge in [0.1, 0.15) is 18.1 Å². The van der Waals surface area contributed by atoms with Crippen LogP contribution in [-0.4, -0.2) is 72.0 Å². The first-order chi connectivity index (χ1) is 20.6. The fourth-order valence-corrected chi connectivity index (χ4v) is 5.48. The minimum atomic E-state index is -1.20. The summed E-state index contributed by atoms with van der Waals surface area (Å²) in [7, 11) is 1.81. The molecular formula is C29H25Cl2FN8O3. The number of aryl methyl sites for hydroxylation is 1. The topological polar surface area (TPSA) is 121 Å². The zero-order valence-electron chi connectivity index (χ0n) is 22.7. The summed E-state index contributed by atoms with van der Waals surface area (Å²) in [6.07, 6.45) is 2.21. The van der Waals surface area contributed by atoms with Crippen LogP contribution in [-0.2, 0) is 23.1 Å². The molecule has 11 nitrogen and oxygen atoms in total. The molecule has 2 N–H and O–H groups in total. The van der Waals surface area contributed by atoms with Crippen molar-refractivity contribution in [3.05, 3.63) is 94.6 Å². The zero-order chi connectivity index (χ0) is 30.2. The predicted molar refractivity (Wildman–Crippen MR) is 160 cm³/mol. The molecule has 0 saturated carbocycles. The van der Waals surface area contributed by atoms with Gasteiger partial charge in [0.15, 0.2) is 5.15 Å². The third kappa shape index (κ3) is 6.03. The van der Waals surface area contributed by atoms with E-state index < -0.39 is 29.9 Å². The highest BCUT2D eigenvalue weighted by Crippen LogP contribution is 2.32. The van der Waals surface area contributed by atoms with Crippen LogP contribution in [0.15, 0.2) is 73.1 Å². The third-order valence-electron chi connectivity index (χ3n) is 7.21. The van der Waals surface area contributed by atoms with Gasteiger partial charge in [-0.15, -0.1) is 5.10 Å². The third-order valence-corrected chi connectivity index (χ3v) is 7.62. The van der Waals surface area contributed by atoms with Crippen LogP contribution >= 0.6 is 23.2 Å². The Kier molecular flexibility index (Phi) is 7.74. The summed E-state index contributed by atoms with van der Waals surface area (Å²) in [4.78, 5) is 30.3.